The first-order valence-corrected chi connectivity index (χ1v) is 24.8. The molecule has 6 amide bonds. The molecule has 7 unspecified atom stereocenters. The summed E-state index contributed by atoms with van der Waals surface area (Å²) in [5, 5.41) is 15.8. The Morgan fingerprint density at radius 1 is 0.813 bits per heavy atom. The third-order valence-corrected chi connectivity index (χ3v) is 14.7. The van der Waals surface area contributed by atoms with E-state index in [-0.39, 0.29) is 49.8 Å². The molecule has 4 aliphatic rings. The van der Waals surface area contributed by atoms with Gasteiger partial charge in [-0.25, -0.2) is 14.5 Å². The molecule has 0 aromatic heterocycles. The molecule has 0 radical (unpaired) electrons. The van der Waals surface area contributed by atoms with Crippen LogP contribution >= 0.6 is 0 Å². The van der Waals surface area contributed by atoms with E-state index >= 15 is 19.2 Å². The number of amides is 6. The molecule has 6 aromatic rings. The number of ether oxygens (including phenoxy) is 4. The quantitative estimate of drug-likeness (QED) is 0.0741. The number of carbonyl (C=O) groups is 5. The lowest BCUT2D eigenvalue weighted by Crippen LogP contribution is -2.57. The molecule has 1 spiro atoms. The molecule has 0 bridgehead atoms. The van der Waals surface area contributed by atoms with Gasteiger partial charge in [0.25, 0.3) is 0 Å². The number of para-hydroxylation sites is 1. The van der Waals surface area contributed by atoms with Gasteiger partial charge >= 0.3 is 18.0 Å². The minimum absolute atomic E-state index is 0.0801. The minimum atomic E-state index is -2.14. The summed E-state index contributed by atoms with van der Waals surface area (Å²) in [4.78, 5) is 81.2. The van der Waals surface area contributed by atoms with E-state index in [2.05, 4.69) is 22.5 Å². The Balaban J connectivity index is 1.27. The van der Waals surface area contributed by atoms with E-state index in [1.54, 1.807) is 54.5 Å². The van der Waals surface area contributed by atoms with Crippen molar-refractivity contribution in [1.29, 1.82) is 0 Å². The summed E-state index contributed by atoms with van der Waals surface area (Å²) in [5.41, 5.74) is 8.33. The van der Waals surface area contributed by atoms with E-state index in [0.29, 0.717) is 34.6 Å². The van der Waals surface area contributed by atoms with Crippen molar-refractivity contribution in [3.63, 3.8) is 0 Å². The molecular formula is C59H56N6O10. The molecule has 4 heterocycles. The molecule has 10 rings (SSSR count). The number of cyclic esters (lactones) is 1. The van der Waals surface area contributed by atoms with Crippen molar-refractivity contribution in [2.24, 2.45) is 11.7 Å². The average Bonchev–Trinajstić information content (AvgIpc) is 3.94. The van der Waals surface area contributed by atoms with Crippen molar-refractivity contribution in [3.05, 3.63) is 190 Å². The zero-order valence-corrected chi connectivity index (χ0v) is 41.6. The van der Waals surface area contributed by atoms with E-state index in [1.807, 2.05) is 115 Å². The highest BCUT2D eigenvalue weighted by molar-refractivity contribution is 6.25. The number of methoxy groups -OCH3 is 2. The monoisotopic (exact) mass is 1010 g/mol. The van der Waals surface area contributed by atoms with E-state index in [4.69, 9.17) is 24.7 Å². The van der Waals surface area contributed by atoms with Crippen molar-refractivity contribution in [1.82, 2.24) is 20.4 Å². The predicted molar refractivity (Wildman–Crippen MR) is 277 cm³/mol. The fourth-order valence-corrected chi connectivity index (χ4v) is 11.5. The van der Waals surface area contributed by atoms with Crippen LogP contribution in [0.3, 0.4) is 0 Å². The molecule has 4 aliphatic heterocycles. The van der Waals surface area contributed by atoms with Crippen LogP contribution in [0.5, 0.6) is 17.2 Å². The number of morpholine rings is 1. The lowest BCUT2D eigenvalue weighted by Gasteiger charge is -2.46. The molecule has 0 aliphatic carbocycles. The number of hydrogen-bond acceptors (Lipinski definition) is 11. The number of imide groups is 1. The number of anilines is 1. The molecular weight excluding hydrogens is 953 g/mol. The summed E-state index contributed by atoms with van der Waals surface area (Å²) >= 11 is 0. The summed E-state index contributed by atoms with van der Waals surface area (Å²) in [6.07, 6.45) is -0.572. The number of nitrogens with one attached hydrogen (secondary N) is 2. The van der Waals surface area contributed by atoms with Gasteiger partial charge in [0.05, 0.1) is 57.1 Å². The number of urea groups is 2. The number of nitrogens with zero attached hydrogens (tertiary/aromatic N) is 3. The minimum Gasteiger partial charge on any atom is -0.493 e. The van der Waals surface area contributed by atoms with Gasteiger partial charge in [0, 0.05) is 24.2 Å². The van der Waals surface area contributed by atoms with Crippen LogP contribution in [-0.4, -0.2) is 91.3 Å². The highest BCUT2D eigenvalue weighted by Crippen LogP contribution is 2.67. The zero-order valence-electron chi connectivity index (χ0n) is 41.6. The standard InChI is InChI=1S/C59H56N6O10/c1-36(38-17-7-4-8-18-38)62-58(71)64-45-26-25-37(16-15-28-61-57(60)70)32-44(45)59(56(64)69)49(54(67)63-29-27-41-33-47(72-2)48(73-3)34-42(41)35-63)51-55(68)75-52(40-21-11-6-12-22-40)50(39-19-9-5-10-20-39)65(51)53(59)43-23-13-14-24-46(43)74-31-30-66/h4-14,17-26,32-34,36,49-53,66H,27-31,35H2,1-3H3,(H,62,71)(H3,60,61,70). The largest absolute Gasteiger partial charge is 0.493 e. The van der Waals surface area contributed by atoms with Crippen LogP contribution in [0, 0.1) is 17.8 Å². The number of fused-ring (bicyclic) bond motifs is 4. The highest BCUT2D eigenvalue weighted by atomic mass is 16.6. The Labute approximate surface area is 434 Å². The molecule has 7 atom stereocenters. The van der Waals surface area contributed by atoms with Crippen molar-refractivity contribution < 1.29 is 48.0 Å². The number of nitrogens with two attached hydrogens (primary N) is 1. The van der Waals surface area contributed by atoms with Crippen molar-refractivity contribution in [3.8, 4) is 29.1 Å². The molecule has 2 fully saturated rings. The maximum atomic E-state index is 17.0. The second-order valence-electron chi connectivity index (χ2n) is 18.8. The first kappa shape index (κ1) is 49.9. The number of carbonyl (C=O) groups excluding carboxylic acids is 5. The average molecular weight is 1010 g/mol. The van der Waals surface area contributed by atoms with Gasteiger partial charge in [-0.05, 0) is 83.1 Å². The topological polar surface area (TPSA) is 202 Å². The van der Waals surface area contributed by atoms with Crippen LogP contribution in [0.1, 0.15) is 75.7 Å². The third kappa shape index (κ3) is 8.93. The summed E-state index contributed by atoms with van der Waals surface area (Å²) < 4.78 is 24.4. The Morgan fingerprint density at radius 3 is 2.15 bits per heavy atom. The van der Waals surface area contributed by atoms with E-state index in [9.17, 15) is 9.90 Å². The molecule has 75 heavy (non-hydrogen) atoms. The van der Waals surface area contributed by atoms with Gasteiger partial charge < -0.3 is 45.3 Å². The molecule has 16 nitrogen and oxygen atoms in total. The Morgan fingerprint density at radius 2 is 1.47 bits per heavy atom. The molecule has 5 N–H and O–H groups in total. The summed E-state index contributed by atoms with van der Waals surface area (Å²) in [5.74, 6) is 3.65. The summed E-state index contributed by atoms with van der Waals surface area (Å²) in [7, 11) is 3.09. The second kappa shape index (κ2) is 21.1. The molecule has 382 valence electrons. The van der Waals surface area contributed by atoms with Crippen molar-refractivity contribution >= 4 is 35.5 Å². The van der Waals surface area contributed by atoms with Crippen molar-refractivity contribution in [2.45, 2.75) is 55.6 Å². The SMILES string of the molecule is COc1cc2c(cc1OC)CN(C(=O)C1C3C(=O)OC(c4ccccc4)C(c4ccccc4)N3C(c3ccccc3OCCO)C13C(=O)N(C(=O)NC(C)c1ccccc1)c1ccc(C#CCNC(N)=O)cc13)CC2. The zero-order chi connectivity index (χ0) is 52.4. The summed E-state index contributed by atoms with van der Waals surface area (Å²) in [6, 6.07) is 38.2. The molecule has 6 aromatic carbocycles. The van der Waals surface area contributed by atoms with Gasteiger partial charge in [-0.2, -0.15) is 0 Å². The van der Waals surface area contributed by atoms with Gasteiger partial charge in [0.2, 0.25) is 11.8 Å². The number of esters is 1. The number of rotatable bonds is 12. The smallest absolute Gasteiger partial charge is 0.329 e. The predicted octanol–water partition coefficient (Wildman–Crippen LogP) is 6.82. The third-order valence-electron chi connectivity index (χ3n) is 14.7. The van der Waals surface area contributed by atoms with Gasteiger partial charge in [-0.15, -0.1) is 0 Å². The van der Waals surface area contributed by atoms with E-state index < -0.39 is 71.5 Å². The van der Waals surface area contributed by atoms with E-state index in [1.165, 1.54) is 7.11 Å². The first-order valence-electron chi connectivity index (χ1n) is 24.8. The van der Waals surface area contributed by atoms with Gasteiger partial charge in [0.1, 0.15) is 29.9 Å². The van der Waals surface area contributed by atoms with Gasteiger partial charge in [0.15, 0.2) is 11.5 Å². The van der Waals surface area contributed by atoms with Gasteiger partial charge in [-0.3, -0.25) is 19.3 Å². The first-order chi connectivity index (χ1) is 36.5. The van der Waals surface area contributed by atoms with E-state index in [0.717, 1.165) is 27.2 Å². The maximum absolute atomic E-state index is 17.0. The molecule has 2 saturated heterocycles. The Bertz CT molecular complexity index is 3220. The number of aliphatic hydroxyl groups excluding tert-OH is 1. The lowest BCUT2D eigenvalue weighted by atomic mass is 9.64. The number of aliphatic hydroxyl groups is 1. The van der Waals surface area contributed by atoms with Crippen LogP contribution in [0.15, 0.2) is 146 Å². The maximum Gasteiger partial charge on any atom is 0.329 e. The van der Waals surface area contributed by atoms with Crippen LogP contribution in [0.4, 0.5) is 15.3 Å². The van der Waals surface area contributed by atoms with Crippen LogP contribution in [0.2, 0.25) is 0 Å². The Hall–Kier alpha value is -8.65. The number of benzene rings is 6. The molecule has 0 saturated carbocycles. The molecule has 16 heteroatoms. The second-order valence-corrected chi connectivity index (χ2v) is 18.8. The lowest BCUT2D eigenvalue weighted by molar-refractivity contribution is -0.179. The highest BCUT2D eigenvalue weighted by Gasteiger charge is 2.76. The van der Waals surface area contributed by atoms with Crippen LogP contribution in [0.25, 0.3) is 0 Å². The van der Waals surface area contributed by atoms with Crippen molar-refractivity contribution in [2.75, 3.05) is 45.4 Å². The normalized spacial score (nSPS) is 21.9. The number of primary amides is 1. The number of hydrogen-bond donors (Lipinski definition) is 4. The van der Waals surface area contributed by atoms with Crippen LogP contribution < -0.4 is 35.5 Å². The fraction of sp³-hybridized carbons (Fsp3) is 0.271. The fourth-order valence-electron chi connectivity index (χ4n) is 11.5. The van der Waals surface area contributed by atoms with Gasteiger partial charge in [-0.1, -0.05) is 121 Å². The van der Waals surface area contributed by atoms with Crippen LogP contribution in [-0.2, 0) is 37.5 Å². The summed E-state index contributed by atoms with van der Waals surface area (Å²) in [6.45, 7) is 1.51. The Kier molecular flexibility index (Phi) is 14.0.